The van der Waals surface area contributed by atoms with E-state index in [1.165, 1.54) is 6.07 Å². The zero-order chi connectivity index (χ0) is 12.8. The number of alkyl halides is 3. The monoisotopic (exact) mass is 242 g/mol. The summed E-state index contributed by atoms with van der Waals surface area (Å²) in [5.41, 5.74) is 0.279. The van der Waals surface area contributed by atoms with Gasteiger partial charge in [0.15, 0.2) is 0 Å². The van der Waals surface area contributed by atoms with Crippen LogP contribution in [-0.4, -0.2) is 0 Å². The van der Waals surface area contributed by atoms with Gasteiger partial charge in [-0.2, -0.15) is 13.2 Å². The molecule has 0 N–H and O–H groups in total. The Balaban J connectivity index is 2.52. The van der Waals surface area contributed by atoms with Gasteiger partial charge in [-0.1, -0.05) is 32.9 Å². The van der Waals surface area contributed by atoms with Gasteiger partial charge in [0.2, 0.25) is 0 Å². The minimum absolute atomic E-state index is 0.352. The molecule has 0 radical (unpaired) electrons. The van der Waals surface area contributed by atoms with E-state index in [-0.39, 0.29) is 0 Å². The summed E-state index contributed by atoms with van der Waals surface area (Å²) in [5, 5.41) is 0. The second-order valence-corrected chi connectivity index (χ2v) is 5.83. The summed E-state index contributed by atoms with van der Waals surface area (Å²) in [5.74, 6) is 0.352. The van der Waals surface area contributed by atoms with Crippen LogP contribution in [0.3, 0.4) is 0 Å². The highest BCUT2D eigenvalue weighted by Gasteiger charge is 2.37. The SMILES string of the molecule is CC(C)(C)c1ccc(C2CC2)cc1C(F)(F)F. The van der Waals surface area contributed by atoms with Crippen LogP contribution < -0.4 is 0 Å². The van der Waals surface area contributed by atoms with E-state index in [2.05, 4.69) is 0 Å². The Labute approximate surface area is 99.8 Å². The molecule has 3 heteroatoms. The molecule has 1 aromatic rings. The third-order valence-electron chi connectivity index (χ3n) is 3.21. The number of hydrogen-bond acceptors (Lipinski definition) is 0. The van der Waals surface area contributed by atoms with Crippen LogP contribution in [0.25, 0.3) is 0 Å². The molecule has 0 aromatic heterocycles. The second kappa shape index (κ2) is 3.76. The molecular formula is C14H17F3. The van der Waals surface area contributed by atoms with E-state index >= 15 is 0 Å². The van der Waals surface area contributed by atoms with Crippen molar-refractivity contribution in [2.24, 2.45) is 0 Å². The zero-order valence-electron chi connectivity index (χ0n) is 10.4. The molecule has 1 saturated carbocycles. The van der Waals surface area contributed by atoms with Gasteiger partial charge in [0.1, 0.15) is 0 Å². The largest absolute Gasteiger partial charge is 0.416 e. The lowest BCUT2D eigenvalue weighted by Crippen LogP contribution is -2.19. The average Bonchev–Trinajstić information content (AvgIpc) is 2.97. The fourth-order valence-corrected chi connectivity index (χ4v) is 2.12. The molecule has 0 unspecified atom stereocenters. The fraction of sp³-hybridized carbons (Fsp3) is 0.571. The molecule has 1 aliphatic rings. The van der Waals surface area contributed by atoms with Gasteiger partial charge >= 0.3 is 6.18 Å². The van der Waals surface area contributed by atoms with Crippen molar-refractivity contribution in [3.8, 4) is 0 Å². The average molecular weight is 242 g/mol. The first-order valence-corrected chi connectivity index (χ1v) is 5.91. The number of hydrogen-bond donors (Lipinski definition) is 0. The van der Waals surface area contributed by atoms with Crippen molar-refractivity contribution in [2.45, 2.75) is 51.1 Å². The Morgan fingerprint density at radius 3 is 2.00 bits per heavy atom. The Morgan fingerprint density at radius 1 is 1.00 bits per heavy atom. The summed E-state index contributed by atoms with van der Waals surface area (Å²) in [6.07, 6.45) is -2.22. The molecule has 1 aromatic carbocycles. The Hall–Kier alpha value is -0.990. The minimum Gasteiger partial charge on any atom is -0.166 e. The number of rotatable bonds is 1. The van der Waals surface area contributed by atoms with Crippen molar-refractivity contribution >= 4 is 0 Å². The molecule has 0 heterocycles. The molecular weight excluding hydrogens is 225 g/mol. The molecule has 2 rings (SSSR count). The highest BCUT2D eigenvalue weighted by molar-refractivity contribution is 5.40. The molecule has 94 valence electrons. The van der Waals surface area contributed by atoms with Crippen LogP contribution in [0.4, 0.5) is 13.2 Å². The van der Waals surface area contributed by atoms with E-state index < -0.39 is 17.2 Å². The van der Waals surface area contributed by atoms with E-state index in [4.69, 9.17) is 0 Å². The van der Waals surface area contributed by atoms with Crippen LogP contribution in [0.15, 0.2) is 18.2 Å². The molecule has 0 amide bonds. The Morgan fingerprint density at radius 2 is 1.59 bits per heavy atom. The zero-order valence-corrected chi connectivity index (χ0v) is 10.4. The summed E-state index contributed by atoms with van der Waals surface area (Å²) in [7, 11) is 0. The second-order valence-electron chi connectivity index (χ2n) is 5.83. The van der Waals surface area contributed by atoms with Crippen molar-refractivity contribution in [2.75, 3.05) is 0 Å². The first kappa shape index (κ1) is 12.5. The first-order chi connectivity index (χ1) is 7.69. The predicted octanol–water partition coefficient (Wildman–Crippen LogP) is 4.88. The first-order valence-electron chi connectivity index (χ1n) is 5.91. The van der Waals surface area contributed by atoms with Gasteiger partial charge in [0.05, 0.1) is 5.56 Å². The molecule has 0 spiro atoms. The summed E-state index contributed by atoms with van der Waals surface area (Å²) in [6, 6.07) is 4.85. The maximum absolute atomic E-state index is 13.0. The third kappa shape index (κ3) is 2.64. The molecule has 1 aliphatic carbocycles. The quantitative estimate of drug-likeness (QED) is 0.658. The fourth-order valence-electron chi connectivity index (χ4n) is 2.12. The maximum atomic E-state index is 13.0. The van der Waals surface area contributed by atoms with Gasteiger partial charge < -0.3 is 0 Å². The summed E-state index contributed by atoms with van der Waals surface area (Å²) in [6.45, 7) is 5.44. The van der Waals surface area contributed by atoms with E-state index in [0.717, 1.165) is 18.4 Å². The normalized spacial score (nSPS) is 17.3. The van der Waals surface area contributed by atoms with Crippen LogP contribution >= 0.6 is 0 Å². The molecule has 0 nitrogen and oxygen atoms in total. The molecule has 0 atom stereocenters. The van der Waals surface area contributed by atoms with Crippen molar-refractivity contribution in [3.63, 3.8) is 0 Å². The highest BCUT2D eigenvalue weighted by Crippen LogP contribution is 2.44. The Bertz CT molecular complexity index is 420. The van der Waals surface area contributed by atoms with Crippen molar-refractivity contribution < 1.29 is 13.2 Å². The van der Waals surface area contributed by atoms with Gasteiger partial charge in [0.25, 0.3) is 0 Å². The highest BCUT2D eigenvalue weighted by atomic mass is 19.4. The smallest absolute Gasteiger partial charge is 0.166 e. The van der Waals surface area contributed by atoms with E-state index in [9.17, 15) is 13.2 Å². The lowest BCUT2D eigenvalue weighted by Gasteiger charge is -2.24. The van der Waals surface area contributed by atoms with Crippen molar-refractivity contribution in [1.29, 1.82) is 0 Å². The maximum Gasteiger partial charge on any atom is 0.416 e. The molecule has 1 fully saturated rings. The summed E-state index contributed by atoms with van der Waals surface area (Å²) < 4.78 is 39.1. The van der Waals surface area contributed by atoms with Gasteiger partial charge in [-0.25, -0.2) is 0 Å². The van der Waals surface area contributed by atoms with Crippen LogP contribution in [0, 0.1) is 0 Å². The lowest BCUT2D eigenvalue weighted by molar-refractivity contribution is -0.138. The third-order valence-corrected chi connectivity index (χ3v) is 3.21. The predicted molar refractivity (Wildman–Crippen MR) is 62.1 cm³/mol. The van der Waals surface area contributed by atoms with Crippen LogP contribution in [0.1, 0.15) is 56.2 Å². The molecule has 0 aliphatic heterocycles. The molecule has 0 saturated heterocycles. The summed E-state index contributed by atoms with van der Waals surface area (Å²) in [4.78, 5) is 0. The van der Waals surface area contributed by atoms with Gasteiger partial charge in [0, 0.05) is 0 Å². The van der Waals surface area contributed by atoms with Crippen molar-refractivity contribution in [1.82, 2.24) is 0 Å². The summed E-state index contributed by atoms with van der Waals surface area (Å²) >= 11 is 0. The Kier molecular flexibility index (Phi) is 2.75. The van der Waals surface area contributed by atoms with Gasteiger partial charge in [-0.15, -0.1) is 0 Å². The standard InChI is InChI=1S/C14H17F3/c1-13(2,3)11-7-6-10(9-4-5-9)8-12(11)14(15,16)17/h6-9H,4-5H2,1-3H3. The topological polar surface area (TPSA) is 0 Å². The van der Waals surface area contributed by atoms with E-state index in [0.29, 0.717) is 11.5 Å². The lowest BCUT2D eigenvalue weighted by atomic mass is 9.82. The van der Waals surface area contributed by atoms with Crippen LogP contribution in [0.2, 0.25) is 0 Å². The van der Waals surface area contributed by atoms with Crippen LogP contribution in [-0.2, 0) is 11.6 Å². The van der Waals surface area contributed by atoms with E-state index in [1.807, 2.05) is 26.8 Å². The van der Waals surface area contributed by atoms with Gasteiger partial charge in [-0.3, -0.25) is 0 Å². The van der Waals surface area contributed by atoms with Crippen molar-refractivity contribution in [3.05, 3.63) is 34.9 Å². The number of benzene rings is 1. The minimum atomic E-state index is -4.26. The van der Waals surface area contributed by atoms with Gasteiger partial charge in [-0.05, 0) is 41.4 Å². The van der Waals surface area contributed by atoms with E-state index in [1.54, 1.807) is 6.07 Å². The van der Waals surface area contributed by atoms with Crippen LogP contribution in [0.5, 0.6) is 0 Å². The number of halogens is 3. The molecule has 17 heavy (non-hydrogen) atoms. The molecule has 0 bridgehead atoms.